The van der Waals surface area contributed by atoms with Gasteiger partial charge in [0.15, 0.2) is 0 Å². The second kappa shape index (κ2) is 4.21. The van der Waals surface area contributed by atoms with E-state index in [1.54, 1.807) is 11.8 Å². The Morgan fingerprint density at radius 3 is 2.71 bits per heavy atom. The number of amides is 1. The van der Waals surface area contributed by atoms with Crippen LogP contribution in [-0.2, 0) is 4.79 Å². The zero-order valence-electron chi connectivity index (χ0n) is 8.45. The van der Waals surface area contributed by atoms with Crippen LogP contribution in [0.25, 0.3) is 0 Å². The van der Waals surface area contributed by atoms with Crippen LogP contribution in [0.3, 0.4) is 0 Å². The summed E-state index contributed by atoms with van der Waals surface area (Å²) in [6.45, 7) is 2.26. The summed E-state index contributed by atoms with van der Waals surface area (Å²) in [4.78, 5) is 11.1. The van der Waals surface area contributed by atoms with Crippen molar-refractivity contribution < 1.29 is 9.37 Å². The number of carbonyl (C=O) groups is 1. The van der Waals surface area contributed by atoms with E-state index in [-0.39, 0.29) is 5.91 Å². The predicted molar refractivity (Wildman–Crippen MR) is 57.2 cm³/mol. The highest BCUT2D eigenvalue weighted by Gasteiger charge is 2.29. The van der Waals surface area contributed by atoms with Gasteiger partial charge < -0.3 is 0 Å². The minimum absolute atomic E-state index is 0.0956. The Balaban J connectivity index is 2.11. The van der Waals surface area contributed by atoms with Crippen molar-refractivity contribution in [3.63, 3.8) is 0 Å². The van der Waals surface area contributed by atoms with Crippen LogP contribution in [-0.4, -0.2) is 46.5 Å². The minimum Gasteiger partial charge on any atom is -0.271 e. The molecule has 2 aliphatic rings. The Labute approximate surface area is 88.3 Å². The maximum absolute atomic E-state index is 11.1. The van der Waals surface area contributed by atoms with Gasteiger partial charge in [0.1, 0.15) is 7.05 Å². The first-order valence-electron chi connectivity index (χ1n) is 5.05. The summed E-state index contributed by atoms with van der Waals surface area (Å²) in [5, 5.41) is 3.05. The molecule has 5 heteroatoms. The monoisotopic (exact) mass is 214 g/mol. The molecule has 2 aliphatic heterocycles. The van der Waals surface area contributed by atoms with Gasteiger partial charge in [0.05, 0.1) is 18.8 Å². The number of thioether (sulfide) groups is 1. The van der Waals surface area contributed by atoms with Gasteiger partial charge in [-0.25, -0.2) is 0 Å². The minimum atomic E-state index is 0.0956. The van der Waals surface area contributed by atoms with Gasteiger partial charge >= 0.3 is 5.17 Å². The van der Waals surface area contributed by atoms with Gasteiger partial charge in [-0.2, -0.15) is 10.4 Å². The van der Waals surface area contributed by atoms with E-state index in [0.717, 1.165) is 13.1 Å². The van der Waals surface area contributed by atoms with E-state index in [0.29, 0.717) is 5.75 Å². The van der Waals surface area contributed by atoms with Crippen molar-refractivity contribution in [1.82, 2.24) is 10.4 Å². The summed E-state index contributed by atoms with van der Waals surface area (Å²) in [7, 11) is 1.91. The first kappa shape index (κ1) is 9.83. The van der Waals surface area contributed by atoms with Crippen LogP contribution in [0, 0.1) is 0 Å². The molecule has 0 radical (unpaired) electrons. The Hall–Kier alpha value is -0.710. The normalized spacial score (nSPS) is 23.8. The molecular weight excluding hydrogens is 198 g/mol. The standard InChI is InChI=1S/C9H15N3OS/c1-11-9(14-7-8(13)10-11)12-5-3-2-4-6-12/h2-7H2,1H3/p+1. The molecule has 1 amide bonds. The van der Waals surface area contributed by atoms with E-state index in [4.69, 9.17) is 0 Å². The molecule has 2 saturated heterocycles. The highest BCUT2D eigenvalue weighted by Crippen LogP contribution is 2.14. The van der Waals surface area contributed by atoms with Gasteiger partial charge in [-0.1, -0.05) is 0 Å². The molecule has 0 aliphatic carbocycles. The van der Waals surface area contributed by atoms with E-state index < -0.39 is 0 Å². The van der Waals surface area contributed by atoms with E-state index in [9.17, 15) is 4.79 Å². The van der Waals surface area contributed by atoms with Crippen molar-refractivity contribution in [3.8, 4) is 0 Å². The van der Waals surface area contributed by atoms with Crippen LogP contribution in [0.5, 0.6) is 0 Å². The number of nitrogens with one attached hydrogen (secondary N) is 1. The lowest BCUT2D eigenvalue weighted by atomic mass is 10.2. The average Bonchev–Trinajstić information content (AvgIpc) is 2.19. The summed E-state index contributed by atoms with van der Waals surface area (Å²) < 4.78 is 2.37. The van der Waals surface area contributed by atoms with Crippen LogP contribution in [0.4, 0.5) is 0 Å². The topological polar surface area (TPSA) is 35.4 Å². The third-order valence-electron chi connectivity index (χ3n) is 2.54. The number of carbonyl (C=O) groups excluding carboxylic acids is 1. The van der Waals surface area contributed by atoms with Crippen molar-refractivity contribution in [2.75, 3.05) is 25.9 Å². The molecule has 0 aromatic heterocycles. The molecule has 0 atom stereocenters. The number of rotatable bonds is 0. The lowest BCUT2D eigenvalue weighted by Gasteiger charge is -2.23. The van der Waals surface area contributed by atoms with Gasteiger partial charge in [0, 0.05) is 0 Å². The Bertz CT molecular complexity index is 269. The second-order valence-corrected chi connectivity index (χ2v) is 4.66. The van der Waals surface area contributed by atoms with E-state index in [1.165, 1.54) is 24.4 Å². The fourth-order valence-electron chi connectivity index (χ4n) is 1.88. The molecule has 0 aromatic rings. The molecule has 0 spiro atoms. The third-order valence-corrected chi connectivity index (χ3v) is 3.74. The summed E-state index contributed by atoms with van der Waals surface area (Å²) >= 11 is 1.64. The molecule has 78 valence electrons. The average molecular weight is 214 g/mol. The number of amidine groups is 1. The Morgan fingerprint density at radius 1 is 1.36 bits per heavy atom. The lowest BCUT2D eigenvalue weighted by molar-refractivity contribution is -0.539. The number of nitrogens with zero attached hydrogens (tertiary/aromatic N) is 2. The van der Waals surface area contributed by atoms with Gasteiger partial charge in [-0.15, -0.1) is 0 Å². The zero-order valence-corrected chi connectivity index (χ0v) is 9.27. The highest BCUT2D eigenvalue weighted by atomic mass is 32.2. The van der Waals surface area contributed by atoms with Crippen LogP contribution in [0.1, 0.15) is 19.3 Å². The Morgan fingerprint density at radius 2 is 2.07 bits per heavy atom. The number of piperidine rings is 1. The smallest absolute Gasteiger partial charge is 0.271 e. The summed E-state index contributed by atoms with van der Waals surface area (Å²) in [6, 6.07) is 0. The van der Waals surface area contributed by atoms with Crippen molar-refractivity contribution in [3.05, 3.63) is 0 Å². The number of hydrogen-bond donors (Lipinski definition) is 1. The molecule has 2 rings (SSSR count). The second-order valence-electron chi connectivity index (χ2n) is 3.71. The van der Waals surface area contributed by atoms with Crippen molar-refractivity contribution in [1.29, 1.82) is 0 Å². The molecule has 0 saturated carbocycles. The van der Waals surface area contributed by atoms with Gasteiger partial charge in [0.25, 0.3) is 5.91 Å². The van der Waals surface area contributed by atoms with Crippen LogP contribution in [0.15, 0.2) is 0 Å². The molecule has 0 bridgehead atoms. The fraction of sp³-hybridized carbons (Fsp3) is 0.778. The fourth-order valence-corrected chi connectivity index (χ4v) is 2.81. The van der Waals surface area contributed by atoms with E-state index in [1.807, 2.05) is 12.1 Å². The van der Waals surface area contributed by atoms with Crippen molar-refractivity contribution in [2.24, 2.45) is 0 Å². The highest BCUT2D eigenvalue weighted by molar-refractivity contribution is 8.14. The van der Waals surface area contributed by atoms with Crippen LogP contribution < -0.4 is 5.43 Å². The molecule has 14 heavy (non-hydrogen) atoms. The number of hydrogen-bond acceptors (Lipinski definition) is 2. The summed E-state index contributed by atoms with van der Waals surface area (Å²) in [5.74, 6) is 0.647. The first-order chi connectivity index (χ1) is 6.77. The predicted octanol–water partition coefficient (Wildman–Crippen LogP) is 0.249. The van der Waals surface area contributed by atoms with Gasteiger partial charge in [0.2, 0.25) is 0 Å². The molecule has 0 aromatic carbocycles. The zero-order chi connectivity index (χ0) is 9.97. The van der Waals surface area contributed by atoms with Crippen LogP contribution >= 0.6 is 11.8 Å². The largest absolute Gasteiger partial charge is 0.332 e. The maximum atomic E-state index is 11.1. The summed E-state index contributed by atoms with van der Waals surface area (Å²) in [5.41, 5.74) is 2.82. The van der Waals surface area contributed by atoms with Crippen molar-refractivity contribution >= 4 is 22.8 Å². The molecular formula is C9H16N3OS+. The van der Waals surface area contributed by atoms with E-state index >= 15 is 0 Å². The molecule has 2 fully saturated rings. The van der Waals surface area contributed by atoms with E-state index in [2.05, 4.69) is 10.0 Å². The first-order valence-corrected chi connectivity index (χ1v) is 6.04. The van der Waals surface area contributed by atoms with Crippen molar-refractivity contribution in [2.45, 2.75) is 19.3 Å². The molecule has 4 nitrogen and oxygen atoms in total. The maximum Gasteiger partial charge on any atom is 0.332 e. The van der Waals surface area contributed by atoms with Gasteiger partial charge in [-0.05, 0) is 31.0 Å². The molecule has 1 N–H and O–H groups in total. The molecule has 2 heterocycles. The SMILES string of the molecule is CN1NC(=O)CSC1=[N+]1CCCCC1. The quantitative estimate of drug-likeness (QED) is 0.587. The van der Waals surface area contributed by atoms with Crippen LogP contribution in [0.2, 0.25) is 0 Å². The molecule has 0 unspecified atom stereocenters. The Kier molecular flexibility index (Phi) is 2.96. The summed E-state index contributed by atoms with van der Waals surface area (Å²) in [6.07, 6.45) is 3.88. The lowest BCUT2D eigenvalue weighted by Crippen LogP contribution is -2.51. The third kappa shape index (κ3) is 2.03. The van der Waals surface area contributed by atoms with Gasteiger partial charge in [-0.3, -0.25) is 9.37 Å². The number of hydrazine groups is 1.